The van der Waals surface area contributed by atoms with Gasteiger partial charge in [0.2, 0.25) is 0 Å². The second-order valence-corrected chi connectivity index (χ2v) is 4.39. The summed E-state index contributed by atoms with van der Waals surface area (Å²) < 4.78 is 24.9. The molecule has 0 aromatic heterocycles. The van der Waals surface area contributed by atoms with E-state index in [9.17, 15) is 13.9 Å². The van der Waals surface area contributed by atoms with Crippen LogP contribution in [0.15, 0.2) is 18.2 Å². The number of benzene rings is 1. The van der Waals surface area contributed by atoms with Gasteiger partial charge in [0.25, 0.3) is 6.43 Å². The lowest BCUT2D eigenvalue weighted by molar-refractivity contribution is 0.146. The molecular weight excluding hydrogens is 198 g/mol. The molecule has 1 N–H and O–H groups in total. The summed E-state index contributed by atoms with van der Waals surface area (Å²) in [5, 5.41) is 9.75. The van der Waals surface area contributed by atoms with Crippen molar-refractivity contribution in [2.24, 2.45) is 0 Å². The van der Waals surface area contributed by atoms with E-state index in [2.05, 4.69) is 0 Å². The molecule has 0 atom stereocenters. The molecule has 1 aliphatic carbocycles. The molecule has 0 heterocycles. The molecule has 1 fully saturated rings. The molecule has 2 rings (SSSR count). The van der Waals surface area contributed by atoms with Gasteiger partial charge in [-0.1, -0.05) is 12.1 Å². The van der Waals surface area contributed by atoms with Gasteiger partial charge in [0.05, 0.1) is 5.60 Å². The Morgan fingerprint density at radius 3 is 2.60 bits per heavy atom. The van der Waals surface area contributed by atoms with Crippen LogP contribution in [-0.4, -0.2) is 10.7 Å². The molecule has 0 radical (unpaired) electrons. The summed E-state index contributed by atoms with van der Waals surface area (Å²) in [5.74, 6) is 0. The Bertz CT molecular complexity index is 370. The van der Waals surface area contributed by atoms with E-state index in [4.69, 9.17) is 0 Å². The van der Waals surface area contributed by atoms with E-state index in [1.165, 1.54) is 12.1 Å². The first kappa shape index (κ1) is 10.6. The predicted octanol–water partition coefficient (Wildman–Crippen LogP) is 3.00. The average Bonchev–Trinajstić information content (AvgIpc) is 2.87. The van der Waals surface area contributed by atoms with Gasteiger partial charge in [-0.05, 0) is 37.0 Å². The largest absolute Gasteiger partial charge is 0.390 e. The topological polar surface area (TPSA) is 20.2 Å². The number of aryl methyl sites for hydroxylation is 1. The zero-order chi connectivity index (χ0) is 11.1. The van der Waals surface area contributed by atoms with Crippen LogP contribution in [0.4, 0.5) is 8.78 Å². The summed E-state index contributed by atoms with van der Waals surface area (Å²) in [7, 11) is 0. The molecule has 1 saturated carbocycles. The van der Waals surface area contributed by atoms with Gasteiger partial charge in [-0.3, -0.25) is 0 Å². The van der Waals surface area contributed by atoms with Crippen LogP contribution in [0.5, 0.6) is 0 Å². The monoisotopic (exact) mass is 212 g/mol. The highest BCUT2D eigenvalue weighted by atomic mass is 19.3. The van der Waals surface area contributed by atoms with Crippen LogP contribution in [0.1, 0.15) is 36.0 Å². The molecule has 0 unspecified atom stereocenters. The zero-order valence-corrected chi connectivity index (χ0v) is 8.63. The molecule has 0 saturated heterocycles. The van der Waals surface area contributed by atoms with Gasteiger partial charge in [-0.15, -0.1) is 0 Å². The summed E-state index contributed by atoms with van der Waals surface area (Å²) in [4.78, 5) is 0. The Labute approximate surface area is 87.7 Å². The number of aliphatic hydroxyl groups is 1. The molecule has 0 spiro atoms. The van der Waals surface area contributed by atoms with Crippen molar-refractivity contribution in [3.05, 3.63) is 34.9 Å². The summed E-state index contributed by atoms with van der Waals surface area (Å²) >= 11 is 0. The molecule has 0 bridgehead atoms. The van der Waals surface area contributed by atoms with Crippen LogP contribution in [0.2, 0.25) is 0 Å². The quantitative estimate of drug-likeness (QED) is 0.816. The van der Waals surface area contributed by atoms with Gasteiger partial charge in [-0.25, -0.2) is 8.78 Å². The van der Waals surface area contributed by atoms with Crippen molar-refractivity contribution in [2.45, 2.75) is 38.2 Å². The van der Waals surface area contributed by atoms with Crippen LogP contribution < -0.4 is 0 Å². The van der Waals surface area contributed by atoms with E-state index >= 15 is 0 Å². The molecule has 15 heavy (non-hydrogen) atoms. The van der Waals surface area contributed by atoms with E-state index < -0.39 is 12.0 Å². The van der Waals surface area contributed by atoms with Crippen molar-refractivity contribution in [1.29, 1.82) is 0 Å². The molecular formula is C12H14F2O. The lowest BCUT2D eigenvalue weighted by Crippen LogP contribution is -2.12. The Morgan fingerprint density at radius 2 is 2.07 bits per heavy atom. The third kappa shape index (κ3) is 2.34. The maximum atomic E-state index is 12.5. The molecule has 1 aromatic carbocycles. The summed E-state index contributed by atoms with van der Waals surface area (Å²) in [6.07, 6.45) is -0.367. The van der Waals surface area contributed by atoms with E-state index in [0.29, 0.717) is 6.42 Å². The van der Waals surface area contributed by atoms with Crippen LogP contribution in [0, 0.1) is 6.92 Å². The van der Waals surface area contributed by atoms with Crippen LogP contribution in [-0.2, 0) is 6.42 Å². The standard InChI is InChI=1S/C12H14F2O/c1-8-2-3-9(11(13)14)6-10(8)7-12(15)4-5-12/h2-3,6,11,15H,4-5,7H2,1H3. The van der Waals surface area contributed by atoms with Gasteiger partial charge in [0, 0.05) is 12.0 Å². The number of alkyl halides is 2. The number of rotatable bonds is 3. The highest BCUT2D eigenvalue weighted by Crippen LogP contribution is 2.39. The Kier molecular flexibility index (Phi) is 2.51. The van der Waals surface area contributed by atoms with Crippen molar-refractivity contribution in [3.63, 3.8) is 0 Å². The van der Waals surface area contributed by atoms with Gasteiger partial charge in [0.1, 0.15) is 0 Å². The first-order valence-electron chi connectivity index (χ1n) is 5.10. The second-order valence-electron chi connectivity index (χ2n) is 4.39. The minimum Gasteiger partial charge on any atom is -0.390 e. The SMILES string of the molecule is Cc1ccc(C(F)F)cc1CC1(O)CC1. The molecule has 3 heteroatoms. The number of halogens is 2. The van der Waals surface area contributed by atoms with E-state index in [-0.39, 0.29) is 5.56 Å². The number of hydrogen-bond donors (Lipinski definition) is 1. The van der Waals surface area contributed by atoms with Crippen molar-refractivity contribution in [2.75, 3.05) is 0 Å². The Balaban J connectivity index is 2.24. The van der Waals surface area contributed by atoms with E-state index in [0.717, 1.165) is 24.0 Å². The lowest BCUT2D eigenvalue weighted by atomic mass is 9.99. The van der Waals surface area contributed by atoms with Crippen molar-refractivity contribution in [1.82, 2.24) is 0 Å². The van der Waals surface area contributed by atoms with Crippen LogP contribution in [0.3, 0.4) is 0 Å². The second kappa shape index (κ2) is 3.56. The normalized spacial score (nSPS) is 18.2. The molecule has 0 amide bonds. The van der Waals surface area contributed by atoms with Crippen molar-refractivity contribution >= 4 is 0 Å². The van der Waals surface area contributed by atoms with Gasteiger partial charge in [0.15, 0.2) is 0 Å². The number of hydrogen-bond acceptors (Lipinski definition) is 1. The highest BCUT2D eigenvalue weighted by molar-refractivity contribution is 5.33. The van der Waals surface area contributed by atoms with E-state index in [1.807, 2.05) is 6.92 Å². The van der Waals surface area contributed by atoms with Gasteiger partial charge < -0.3 is 5.11 Å². The fraction of sp³-hybridized carbons (Fsp3) is 0.500. The summed E-state index contributed by atoms with van der Waals surface area (Å²) in [6.45, 7) is 1.89. The van der Waals surface area contributed by atoms with Crippen molar-refractivity contribution in [3.8, 4) is 0 Å². The van der Waals surface area contributed by atoms with Crippen molar-refractivity contribution < 1.29 is 13.9 Å². The fourth-order valence-corrected chi connectivity index (χ4v) is 1.69. The smallest absolute Gasteiger partial charge is 0.263 e. The highest BCUT2D eigenvalue weighted by Gasteiger charge is 2.40. The molecule has 1 nitrogen and oxygen atoms in total. The molecule has 1 aliphatic rings. The third-order valence-electron chi connectivity index (χ3n) is 2.97. The maximum absolute atomic E-state index is 12.5. The average molecular weight is 212 g/mol. The predicted molar refractivity (Wildman–Crippen MR) is 54.0 cm³/mol. The van der Waals surface area contributed by atoms with Crippen LogP contribution in [0.25, 0.3) is 0 Å². The molecule has 1 aromatic rings. The minimum absolute atomic E-state index is 0.0415. The molecule has 82 valence electrons. The lowest BCUT2D eigenvalue weighted by Gasteiger charge is -2.12. The Morgan fingerprint density at radius 1 is 1.40 bits per heavy atom. The van der Waals surface area contributed by atoms with Gasteiger partial charge >= 0.3 is 0 Å². The van der Waals surface area contributed by atoms with E-state index in [1.54, 1.807) is 6.07 Å². The summed E-state index contributed by atoms with van der Waals surface area (Å²) in [5.41, 5.74) is 1.23. The zero-order valence-electron chi connectivity index (χ0n) is 8.63. The minimum atomic E-state index is -2.43. The Hall–Kier alpha value is -0.960. The van der Waals surface area contributed by atoms with Gasteiger partial charge in [-0.2, -0.15) is 0 Å². The summed E-state index contributed by atoms with van der Waals surface area (Å²) in [6, 6.07) is 4.65. The fourth-order valence-electron chi connectivity index (χ4n) is 1.69. The molecule has 0 aliphatic heterocycles. The maximum Gasteiger partial charge on any atom is 0.263 e. The third-order valence-corrected chi connectivity index (χ3v) is 2.97. The first-order chi connectivity index (χ1) is 7.00. The van der Waals surface area contributed by atoms with Crippen LogP contribution >= 0.6 is 0 Å². The first-order valence-corrected chi connectivity index (χ1v) is 5.10.